The summed E-state index contributed by atoms with van der Waals surface area (Å²) in [5, 5.41) is 9.53. The van der Waals surface area contributed by atoms with E-state index in [-0.39, 0.29) is 18.0 Å². The standard InChI is InChI=1S/C10H8N2O2.ClH/c11-6-4-8(10(13)14)7-2-1-3-12-9(7)5-6;/h1-5H,11H2,(H,13,14);1H. The molecule has 0 amide bonds. The average Bonchev–Trinajstić information content (AvgIpc) is 2.16. The molecule has 1 heterocycles. The number of pyridine rings is 1. The topological polar surface area (TPSA) is 76.2 Å². The molecule has 1 aromatic carbocycles. The number of hydrogen-bond donors (Lipinski definition) is 2. The van der Waals surface area contributed by atoms with Crippen molar-refractivity contribution in [3.05, 3.63) is 36.0 Å². The smallest absolute Gasteiger partial charge is 0.336 e. The minimum Gasteiger partial charge on any atom is -0.478 e. The Morgan fingerprint density at radius 3 is 2.80 bits per heavy atom. The zero-order chi connectivity index (χ0) is 10.1. The summed E-state index contributed by atoms with van der Waals surface area (Å²) >= 11 is 0. The van der Waals surface area contributed by atoms with Crippen LogP contribution in [0.2, 0.25) is 0 Å². The fraction of sp³-hybridized carbons (Fsp3) is 0. The number of fused-ring (bicyclic) bond motifs is 1. The Hall–Kier alpha value is -1.81. The monoisotopic (exact) mass is 224 g/mol. The van der Waals surface area contributed by atoms with Crippen molar-refractivity contribution in [2.24, 2.45) is 0 Å². The number of carboxylic acids is 1. The molecule has 3 N–H and O–H groups in total. The summed E-state index contributed by atoms with van der Waals surface area (Å²) in [6.07, 6.45) is 1.60. The summed E-state index contributed by atoms with van der Waals surface area (Å²) in [7, 11) is 0. The Labute approximate surface area is 92.1 Å². The number of nitrogens with two attached hydrogens (primary N) is 1. The molecule has 0 aliphatic rings. The summed E-state index contributed by atoms with van der Waals surface area (Å²) in [4.78, 5) is 14.9. The molecule has 0 aliphatic heterocycles. The van der Waals surface area contributed by atoms with E-state index in [0.29, 0.717) is 16.6 Å². The molecule has 4 nitrogen and oxygen atoms in total. The molecule has 5 heteroatoms. The van der Waals surface area contributed by atoms with E-state index in [4.69, 9.17) is 10.8 Å². The highest BCUT2D eigenvalue weighted by atomic mass is 35.5. The Kier molecular flexibility index (Phi) is 3.11. The van der Waals surface area contributed by atoms with E-state index in [9.17, 15) is 4.79 Å². The highest BCUT2D eigenvalue weighted by molar-refractivity contribution is 6.03. The Balaban J connectivity index is 0.00000112. The first-order valence-electron chi connectivity index (χ1n) is 4.06. The lowest BCUT2D eigenvalue weighted by atomic mass is 10.1. The fourth-order valence-electron chi connectivity index (χ4n) is 1.38. The van der Waals surface area contributed by atoms with Gasteiger partial charge in [-0.1, -0.05) is 6.07 Å². The van der Waals surface area contributed by atoms with Crippen molar-refractivity contribution in [2.45, 2.75) is 0 Å². The largest absolute Gasteiger partial charge is 0.478 e. The van der Waals surface area contributed by atoms with Crippen molar-refractivity contribution in [1.82, 2.24) is 4.98 Å². The molecule has 0 spiro atoms. The molecule has 0 saturated carbocycles. The van der Waals surface area contributed by atoms with Gasteiger partial charge < -0.3 is 10.8 Å². The molecule has 0 atom stereocenters. The maximum absolute atomic E-state index is 10.9. The van der Waals surface area contributed by atoms with Gasteiger partial charge in [-0.15, -0.1) is 12.4 Å². The van der Waals surface area contributed by atoms with Gasteiger partial charge in [0.2, 0.25) is 0 Å². The van der Waals surface area contributed by atoms with Crippen molar-refractivity contribution in [1.29, 1.82) is 0 Å². The maximum Gasteiger partial charge on any atom is 0.336 e. The second-order valence-electron chi connectivity index (χ2n) is 2.94. The van der Waals surface area contributed by atoms with Gasteiger partial charge in [-0.3, -0.25) is 4.98 Å². The van der Waals surface area contributed by atoms with E-state index in [1.54, 1.807) is 24.4 Å². The number of nitrogens with zero attached hydrogens (tertiary/aromatic N) is 1. The van der Waals surface area contributed by atoms with Crippen LogP contribution in [0.3, 0.4) is 0 Å². The number of carboxylic acid groups (broad SMARTS) is 1. The average molecular weight is 225 g/mol. The molecular formula is C10H9ClN2O2. The lowest BCUT2D eigenvalue weighted by Crippen LogP contribution is -2.00. The lowest BCUT2D eigenvalue weighted by molar-refractivity contribution is 0.0699. The van der Waals surface area contributed by atoms with Gasteiger partial charge in [-0.25, -0.2) is 4.79 Å². The fourth-order valence-corrected chi connectivity index (χ4v) is 1.38. The third kappa shape index (κ3) is 1.99. The summed E-state index contributed by atoms with van der Waals surface area (Å²) in [5.74, 6) is -0.990. The van der Waals surface area contributed by atoms with Crippen LogP contribution >= 0.6 is 12.4 Å². The first-order chi connectivity index (χ1) is 6.68. The van der Waals surface area contributed by atoms with Crippen LogP contribution in [-0.2, 0) is 0 Å². The summed E-state index contributed by atoms with van der Waals surface area (Å²) in [5.41, 5.74) is 6.76. The van der Waals surface area contributed by atoms with E-state index >= 15 is 0 Å². The van der Waals surface area contributed by atoms with Gasteiger partial charge in [0, 0.05) is 17.3 Å². The minimum absolute atomic E-state index is 0. The molecule has 0 saturated heterocycles. The van der Waals surface area contributed by atoms with Gasteiger partial charge in [0.05, 0.1) is 11.1 Å². The van der Waals surface area contributed by atoms with Gasteiger partial charge in [0.25, 0.3) is 0 Å². The number of benzene rings is 1. The summed E-state index contributed by atoms with van der Waals surface area (Å²) in [6.45, 7) is 0. The van der Waals surface area contributed by atoms with Gasteiger partial charge >= 0.3 is 5.97 Å². The number of rotatable bonds is 1. The van der Waals surface area contributed by atoms with Crippen molar-refractivity contribution in [3.63, 3.8) is 0 Å². The van der Waals surface area contributed by atoms with Crippen LogP contribution in [0.4, 0.5) is 5.69 Å². The molecule has 0 radical (unpaired) electrons. The number of anilines is 1. The summed E-state index contributed by atoms with van der Waals surface area (Å²) < 4.78 is 0. The van der Waals surface area contributed by atoms with E-state index in [0.717, 1.165) is 0 Å². The number of hydrogen-bond acceptors (Lipinski definition) is 3. The van der Waals surface area contributed by atoms with Crippen LogP contribution in [0.15, 0.2) is 30.5 Å². The molecule has 0 unspecified atom stereocenters. The molecule has 2 rings (SSSR count). The van der Waals surface area contributed by atoms with Gasteiger partial charge in [0.15, 0.2) is 0 Å². The molecule has 2 aromatic rings. The van der Waals surface area contributed by atoms with E-state index in [2.05, 4.69) is 4.98 Å². The quantitative estimate of drug-likeness (QED) is 0.726. The van der Waals surface area contributed by atoms with Crippen LogP contribution in [0.25, 0.3) is 10.9 Å². The third-order valence-corrected chi connectivity index (χ3v) is 1.97. The lowest BCUT2D eigenvalue weighted by Gasteiger charge is -2.02. The molecule has 0 bridgehead atoms. The second-order valence-corrected chi connectivity index (χ2v) is 2.94. The van der Waals surface area contributed by atoms with E-state index < -0.39 is 5.97 Å². The van der Waals surface area contributed by atoms with Crippen molar-refractivity contribution >= 4 is 35.0 Å². The van der Waals surface area contributed by atoms with Crippen molar-refractivity contribution in [2.75, 3.05) is 5.73 Å². The highest BCUT2D eigenvalue weighted by Crippen LogP contribution is 2.20. The third-order valence-electron chi connectivity index (χ3n) is 1.97. The number of carbonyl (C=O) groups is 1. The van der Waals surface area contributed by atoms with Crippen LogP contribution in [0.5, 0.6) is 0 Å². The van der Waals surface area contributed by atoms with Gasteiger partial charge in [0.1, 0.15) is 0 Å². The Morgan fingerprint density at radius 1 is 1.40 bits per heavy atom. The van der Waals surface area contributed by atoms with Crippen LogP contribution in [-0.4, -0.2) is 16.1 Å². The van der Waals surface area contributed by atoms with Gasteiger partial charge in [-0.05, 0) is 18.2 Å². The maximum atomic E-state index is 10.9. The molecule has 0 aliphatic carbocycles. The number of nitrogen functional groups attached to an aromatic ring is 1. The summed E-state index contributed by atoms with van der Waals surface area (Å²) in [6, 6.07) is 6.50. The molecule has 78 valence electrons. The SMILES string of the molecule is Cl.Nc1cc(C(=O)O)c2cccnc2c1. The molecule has 15 heavy (non-hydrogen) atoms. The molecular weight excluding hydrogens is 216 g/mol. The minimum atomic E-state index is -0.990. The zero-order valence-corrected chi connectivity index (χ0v) is 8.49. The molecule has 1 aromatic heterocycles. The molecule has 0 fully saturated rings. The zero-order valence-electron chi connectivity index (χ0n) is 7.68. The van der Waals surface area contributed by atoms with Gasteiger partial charge in [-0.2, -0.15) is 0 Å². The highest BCUT2D eigenvalue weighted by Gasteiger charge is 2.09. The number of aromatic nitrogens is 1. The van der Waals surface area contributed by atoms with Crippen molar-refractivity contribution in [3.8, 4) is 0 Å². The predicted molar refractivity (Wildman–Crippen MR) is 60.4 cm³/mol. The van der Waals surface area contributed by atoms with Crippen LogP contribution in [0, 0.1) is 0 Å². The second kappa shape index (κ2) is 4.14. The Bertz CT molecular complexity index is 514. The number of halogens is 1. The first-order valence-corrected chi connectivity index (χ1v) is 4.06. The van der Waals surface area contributed by atoms with Crippen LogP contribution in [0.1, 0.15) is 10.4 Å². The van der Waals surface area contributed by atoms with Crippen LogP contribution < -0.4 is 5.73 Å². The first kappa shape index (κ1) is 11.3. The van der Waals surface area contributed by atoms with E-state index in [1.807, 2.05) is 0 Å². The normalized spacial score (nSPS) is 9.60. The predicted octanol–water partition coefficient (Wildman–Crippen LogP) is 1.94. The Morgan fingerprint density at radius 2 is 2.13 bits per heavy atom. The van der Waals surface area contributed by atoms with Crippen molar-refractivity contribution < 1.29 is 9.90 Å². The van der Waals surface area contributed by atoms with E-state index in [1.165, 1.54) is 6.07 Å². The number of aromatic carboxylic acids is 1.